The third kappa shape index (κ3) is 4.03. The van der Waals surface area contributed by atoms with Crippen LogP contribution in [0.2, 0.25) is 5.15 Å². The third-order valence-corrected chi connectivity index (χ3v) is 3.21. The van der Waals surface area contributed by atoms with E-state index in [1.54, 1.807) is 19.2 Å². The van der Waals surface area contributed by atoms with E-state index >= 15 is 0 Å². The van der Waals surface area contributed by atoms with Crippen LogP contribution in [0.25, 0.3) is 0 Å². The smallest absolute Gasteiger partial charge is 0.129 e. The summed E-state index contributed by atoms with van der Waals surface area (Å²) in [5, 5.41) is 14.1. The minimum absolute atomic E-state index is 0.472. The summed E-state index contributed by atoms with van der Waals surface area (Å²) in [7, 11) is 0. The summed E-state index contributed by atoms with van der Waals surface area (Å²) in [6.07, 6.45) is 1.73. The quantitative estimate of drug-likeness (QED) is 0.826. The van der Waals surface area contributed by atoms with Crippen LogP contribution < -0.4 is 5.32 Å². The van der Waals surface area contributed by atoms with Crippen molar-refractivity contribution in [3.05, 3.63) is 64.9 Å². The maximum absolute atomic E-state index is 10.4. The monoisotopic (exact) mass is 276 g/mol. The zero-order valence-corrected chi connectivity index (χ0v) is 11.6. The van der Waals surface area contributed by atoms with Crippen molar-refractivity contribution in [1.82, 2.24) is 10.3 Å². The fraction of sp³-hybridized carbons (Fsp3) is 0.267. The largest absolute Gasteiger partial charge is 0.384 e. The normalized spacial score (nSPS) is 14.1. The van der Waals surface area contributed by atoms with E-state index in [-0.39, 0.29) is 0 Å². The molecule has 1 unspecified atom stereocenters. The summed E-state index contributed by atoms with van der Waals surface area (Å²) >= 11 is 5.73. The molecule has 1 heterocycles. The van der Waals surface area contributed by atoms with E-state index < -0.39 is 5.60 Å². The Hall–Kier alpha value is -1.42. The molecule has 0 saturated carbocycles. The first kappa shape index (κ1) is 14.0. The number of benzene rings is 1. The second-order valence-corrected chi connectivity index (χ2v) is 5.12. The number of nitrogens with zero attached hydrogens (tertiary/aromatic N) is 1. The van der Waals surface area contributed by atoms with Crippen molar-refractivity contribution in [1.29, 1.82) is 0 Å². The summed E-state index contributed by atoms with van der Waals surface area (Å²) in [5.74, 6) is 0. The maximum Gasteiger partial charge on any atom is 0.129 e. The van der Waals surface area contributed by atoms with Gasteiger partial charge in [-0.15, -0.1) is 0 Å². The van der Waals surface area contributed by atoms with Crippen LogP contribution in [0.3, 0.4) is 0 Å². The zero-order chi connectivity index (χ0) is 13.7. The lowest BCUT2D eigenvalue weighted by Crippen LogP contribution is -2.35. The van der Waals surface area contributed by atoms with Gasteiger partial charge in [-0.3, -0.25) is 0 Å². The number of nitrogens with one attached hydrogen (secondary N) is 1. The number of hydrogen-bond acceptors (Lipinski definition) is 3. The number of rotatable bonds is 5. The van der Waals surface area contributed by atoms with Crippen molar-refractivity contribution in [2.45, 2.75) is 19.1 Å². The SMILES string of the molecule is CC(O)(CNCc1ccc(Cl)nc1)c1ccccc1. The summed E-state index contributed by atoms with van der Waals surface area (Å²) in [5.41, 5.74) is 1.05. The molecule has 19 heavy (non-hydrogen) atoms. The molecule has 0 saturated heterocycles. The van der Waals surface area contributed by atoms with E-state index in [4.69, 9.17) is 11.6 Å². The van der Waals surface area contributed by atoms with Gasteiger partial charge in [0.2, 0.25) is 0 Å². The highest BCUT2D eigenvalue weighted by Gasteiger charge is 2.21. The molecule has 0 spiro atoms. The molecular formula is C15H17ClN2O. The van der Waals surface area contributed by atoms with E-state index in [0.717, 1.165) is 11.1 Å². The van der Waals surface area contributed by atoms with E-state index in [0.29, 0.717) is 18.2 Å². The van der Waals surface area contributed by atoms with Gasteiger partial charge in [-0.05, 0) is 24.1 Å². The fourth-order valence-corrected chi connectivity index (χ4v) is 1.97. The van der Waals surface area contributed by atoms with Crippen molar-refractivity contribution in [3.8, 4) is 0 Å². The van der Waals surface area contributed by atoms with Gasteiger partial charge in [0.15, 0.2) is 0 Å². The van der Waals surface area contributed by atoms with E-state index in [2.05, 4.69) is 10.3 Å². The van der Waals surface area contributed by atoms with Gasteiger partial charge in [-0.25, -0.2) is 4.98 Å². The van der Waals surface area contributed by atoms with Crippen LogP contribution in [-0.4, -0.2) is 16.6 Å². The molecule has 1 atom stereocenters. The summed E-state index contributed by atoms with van der Waals surface area (Å²) in [4.78, 5) is 4.02. The Morgan fingerprint density at radius 1 is 1.21 bits per heavy atom. The number of aromatic nitrogens is 1. The average Bonchev–Trinajstić information content (AvgIpc) is 2.42. The van der Waals surface area contributed by atoms with Crippen LogP contribution in [0.15, 0.2) is 48.7 Å². The highest BCUT2D eigenvalue weighted by molar-refractivity contribution is 6.29. The number of aliphatic hydroxyl groups is 1. The number of hydrogen-bond donors (Lipinski definition) is 2. The van der Waals surface area contributed by atoms with Crippen LogP contribution in [-0.2, 0) is 12.1 Å². The maximum atomic E-state index is 10.4. The Morgan fingerprint density at radius 2 is 1.95 bits per heavy atom. The first-order valence-corrected chi connectivity index (χ1v) is 6.55. The highest BCUT2D eigenvalue weighted by Crippen LogP contribution is 2.19. The Kier molecular flexibility index (Phi) is 4.53. The molecule has 2 rings (SSSR count). The summed E-state index contributed by atoms with van der Waals surface area (Å²) in [6.45, 7) is 2.92. The van der Waals surface area contributed by atoms with Crippen LogP contribution in [0.1, 0.15) is 18.1 Å². The van der Waals surface area contributed by atoms with Crippen molar-refractivity contribution in [2.75, 3.05) is 6.54 Å². The van der Waals surface area contributed by atoms with Crippen molar-refractivity contribution < 1.29 is 5.11 Å². The van der Waals surface area contributed by atoms with Gasteiger partial charge in [0.1, 0.15) is 5.15 Å². The minimum Gasteiger partial charge on any atom is -0.384 e. The second kappa shape index (κ2) is 6.15. The predicted molar refractivity (Wildman–Crippen MR) is 77.0 cm³/mol. The fourth-order valence-electron chi connectivity index (χ4n) is 1.86. The van der Waals surface area contributed by atoms with E-state index in [1.807, 2.05) is 36.4 Å². The average molecular weight is 277 g/mol. The van der Waals surface area contributed by atoms with Crippen LogP contribution in [0, 0.1) is 0 Å². The lowest BCUT2D eigenvalue weighted by Gasteiger charge is -2.24. The molecule has 0 aliphatic carbocycles. The van der Waals surface area contributed by atoms with Gasteiger partial charge < -0.3 is 10.4 Å². The van der Waals surface area contributed by atoms with Crippen LogP contribution in [0.5, 0.6) is 0 Å². The molecule has 0 radical (unpaired) electrons. The first-order valence-electron chi connectivity index (χ1n) is 6.17. The van der Waals surface area contributed by atoms with Gasteiger partial charge >= 0.3 is 0 Å². The number of halogens is 1. The summed E-state index contributed by atoms with van der Waals surface area (Å²) in [6, 6.07) is 13.3. The summed E-state index contributed by atoms with van der Waals surface area (Å²) < 4.78 is 0. The predicted octanol–water partition coefficient (Wildman–Crippen LogP) is 2.73. The molecule has 0 aliphatic heterocycles. The van der Waals surface area contributed by atoms with Gasteiger partial charge in [0.05, 0.1) is 5.60 Å². The molecule has 0 aliphatic rings. The third-order valence-electron chi connectivity index (χ3n) is 2.98. The molecule has 3 nitrogen and oxygen atoms in total. The highest BCUT2D eigenvalue weighted by atomic mass is 35.5. The molecule has 2 N–H and O–H groups in total. The molecule has 1 aromatic carbocycles. The topological polar surface area (TPSA) is 45.1 Å². The molecule has 4 heteroatoms. The lowest BCUT2D eigenvalue weighted by molar-refractivity contribution is 0.0566. The Morgan fingerprint density at radius 3 is 2.58 bits per heavy atom. The van der Waals surface area contributed by atoms with Gasteiger partial charge in [0.25, 0.3) is 0 Å². The minimum atomic E-state index is -0.888. The second-order valence-electron chi connectivity index (χ2n) is 4.73. The molecule has 0 fully saturated rings. The number of pyridine rings is 1. The van der Waals surface area contributed by atoms with Crippen molar-refractivity contribution >= 4 is 11.6 Å². The van der Waals surface area contributed by atoms with Gasteiger partial charge in [-0.2, -0.15) is 0 Å². The zero-order valence-electron chi connectivity index (χ0n) is 10.8. The Labute approximate surface area is 118 Å². The van der Waals surface area contributed by atoms with E-state index in [9.17, 15) is 5.11 Å². The van der Waals surface area contributed by atoms with Crippen LogP contribution >= 0.6 is 11.6 Å². The van der Waals surface area contributed by atoms with Gasteiger partial charge in [-0.1, -0.05) is 48.0 Å². The molecule has 0 amide bonds. The standard InChI is InChI=1S/C15H17ClN2O/c1-15(19,13-5-3-2-4-6-13)11-17-9-12-7-8-14(16)18-10-12/h2-8,10,17,19H,9,11H2,1H3. The molecule has 0 bridgehead atoms. The molecule has 2 aromatic rings. The Balaban J connectivity index is 1.90. The van der Waals surface area contributed by atoms with Crippen LogP contribution in [0.4, 0.5) is 0 Å². The Bertz CT molecular complexity index is 511. The lowest BCUT2D eigenvalue weighted by atomic mass is 9.96. The first-order chi connectivity index (χ1) is 9.08. The van der Waals surface area contributed by atoms with Crippen molar-refractivity contribution in [2.24, 2.45) is 0 Å². The van der Waals surface area contributed by atoms with E-state index in [1.165, 1.54) is 0 Å². The van der Waals surface area contributed by atoms with Crippen molar-refractivity contribution in [3.63, 3.8) is 0 Å². The molecule has 100 valence electrons. The molecular weight excluding hydrogens is 260 g/mol. The van der Waals surface area contributed by atoms with Gasteiger partial charge in [0, 0.05) is 19.3 Å². The molecule has 1 aromatic heterocycles.